The van der Waals surface area contributed by atoms with Crippen molar-refractivity contribution in [3.05, 3.63) is 23.4 Å². The maximum absolute atomic E-state index is 4.66. The third kappa shape index (κ3) is 7.44. The van der Waals surface area contributed by atoms with Crippen molar-refractivity contribution in [2.45, 2.75) is 46.2 Å². The lowest BCUT2D eigenvalue weighted by Crippen LogP contribution is -2.35. The molecule has 0 aliphatic heterocycles. The quantitative estimate of drug-likeness (QED) is 0.837. The summed E-state index contributed by atoms with van der Waals surface area (Å²) in [5.74, 6) is 1.07. The van der Waals surface area contributed by atoms with Crippen LogP contribution in [0.1, 0.15) is 38.4 Å². The standard InChI is InChI=1S/C17H32N4/c1-14-11-15(13-18-17(2,3)4)12-16(19-14)21(7)10-8-9-20(5)6/h11-12,18H,8-10,13H2,1-7H3. The highest BCUT2D eigenvalue weighted by Gasteiger charge is 2.10. The molecule has 4 nitrogen and oxygen atoms in total. The highest BCUT2D eigenvalue weighted by atomic mass is 15.2. The van der Waals surface area contributed by atoms with Gasteiger partial charge >= 0.3 is 0 Å². The van der Waals surface area contributed by atoms with Crippen LogP contribution in [0.5, 0.6) is 0 Å². The first-order valence-electron chi connectivity index (χ1n) is 7.76. The van der Waals surface area contributed by atoms with Gasteiger partial charge in [-0.25, -0.2) is 4.98 Å². The third-order valence-corrected chi connectivity index (χ3v) is 3.31. The van der Waals surface area contributed by atoms with Crippen molar-refractivity contribution in [2.24, 2.45) is 0 Å². The highest BCUT2D eigenvalue weighted by molar-refractivity contribution is 5.41. The van der Waals surface area contributed by atoms with Crippen LogP contribution in [0.4, 0.5) is 5.82 Å². The van der Waals surface area contributed by atoms with E-state index in [0.717, 1.165) is 37.6 Å². The number of hydrogen-bond acceptors (Lipinski definition) is 4. The predicted octanol–water partition coefficient (Wildman–Crippen LogP) is 2.67. The maximum atomic E-state index is 4.66. The van der Waals surface area contributed by atoms with Gasteiger partial charge in [0.1, 0.15) is 5.82 Å². The summed E-state index contributed by atoms with van der Waals surface area (Å²) in [6.45, 7) is 11.7. The lowest BCUT2D eigenvalue weighted by molar-refractivity contribution is 0.401. The summed E-state index contributed by atoms with van der Waals surface area (Å²) >= 11 is 0. The van der Waals surface area contributed by atoms with Crippen LogP contribution in [0, 0.1) is 6.92 Å². The van der Waals surface area contributed by atoms with Crippen LogP contribution >= 0.6 is 0 Å². The van der Waals surface area contributed by atoms with Crippen LogP contribution < -0.4 is 10.2 Å². The molecule has 0 unspecified atom stereocenters. The Morgan fingerprint density at radius 3 is 2.33 bits per heavy atom. The van der Waals surface area contributed by atoms with Crippen LogP contribution in [-0.4, -0.2) is 49.7 Å². The third-order valence-electron chi connectivity index (χ3n) is 3.31. The van der Waals surface area contributed by atoms with Crippen molar-refractivity contribution in [1.29, 1.82) is 0 Å². The van der Waals surface area contributed by atoms with E-state index in [9.17, 15) is 0 Å². The molecule has 1 rings (SSSR count). The Labute approximate surface area is 130 Å². The van der Waals surface area contributed by atoms with Gasteiger partial charge < -0.3 is 15.1 Å². The molecule has 21 heavy (non-hydrogen) atoms. The molecule has 120 valence electrons. The molecule has 4 heteroatoms. The van der Waals surface area contributed by atoms with Crippen molar-refractivity contribution in [3.63, 3.8) is 0 Å². The SMILES string of the molecule is Cc1cc(CNC(C)(C)C)cc(N(C)CCCN(C)C)n1. The predicted molar refractivity (Wildman–Crippen MR) is 92.0 cm³/mol. The van der Waals surface area contributed by atoms with E-state index in [1.165, 1.54) is 5.56 Å². The van der Waals surface area contributed by atoms with Gasteiger partial charge in [-0.3, -0.25) is 0 Å². The van der Waals surface area contributed by atoms with Crippen LogP contribution in [-0.2, 0) is 6.54 Å². The largest absolute Gasteiger partial charge is 0.360 e. The maximum Gasteiger partial charge on any atom is 0.128 e. The minimum atomic E-state index is 0.134. The Morgan fingerprint density at radius 2 is 1.76 bits per heavy atom. The Balaban J connectivity index is 2.67. The van der Waals surface area contributed by atoms with Gasteiger partial charge in [-0.15, -0.1) is 0 Å². The van der Waals surface area contributed by atoms with E-state index in [1.807, 2.05) is 0 Å². The number of rotatable bonds is 7. The van der Waals surface area contributed by atoms with Gasteiger partial charge in [-0.1, -0.05) is 0 Å². The Bertz CT molecular complexity index is 435. The lowest BCUT2D eigenvalue weighted by Gasteiger charge is -2.23. The summed E-state index contributed by atoms with van der Waals surface area (Å²) < 4.78 is 0. The van der Waals surface area contributed by atoms with Gasteiger partial charge in [0.15, 0.2) is 0 Å². The first-order chi connectivity index (χ1) is 9.67. The fourth-order valence-electron chi connectivity index (χ4n) is 2.12. The molecule has 1 aromatic rings. The molecule has 0 radical (unpaired) electrons. The fraction of sp³-hybridized carbons (Fsp3) is 0.706. The minimum Gasteiger partial charge on any atom is -0.360 e. The highest BCUT2D eigenvalue weighted by Crippen LogP contribution is 2.15. The van der Waals surface area contributed by atoms with Gasteiger partial charge in [0.25, 0.3) is 0 Å². The zero-order chi connectivity index (χ0) is 16.0. The first kappa shape index (κ1) is 17.9. The smallest absolute Gasteiger partial charge is 0.128 e. The summed E-state index contributed by atoms with van der Waals surface area (Å²) in [4.78, 5) is 9.13. The zero-order valence-electron chi connectivity index (χ0n) is 14.8. The zero-order valence-corrected chi connectivity index (χ0v) is 14.8. The molecule has 0 aromatic carbocycles. The molecule has 0 aliphatic rings. The Morgan fingerprint density at radius 1 is 1.10 bits per heavy atom. The molecule has 0 bridgehead atoms. The molecular formula is C17H32N4. The summed E-state index contributed by atoms with van der Waals surface area (Å²) in [5.41, 5.74) is 2.51. The van der Waals surface area contributed by atoms with Crippen molar-refractivity contribution in [1.82, 2.24) is 15.2 Å². The number of aryl methyl sites for hydroxylation is 1. The average molecular weight is 292 g/mol. The van der Waals surface area contributed by atoms with Crippen LogP contribution in [0.2, 0.25) is 0 Å². The van der Waals surface area contributed by atoms with Crippen molar-refractivity contribution >= 4 is 5.82 Å². The van der Waals surface area contributed by atoms with Crippen molar-refractivity contribution in [2.75, 3.05) is 39.1 Å². The van der Waals surface area contributed by atoms with E-state index in [4.69, 9.17) is 0 Å². The second kappa shape index (κ2) is 7.76. The molecule has 1 heterocycles. The number of anilines is 1. The lowest BCUT2D eigenvalue weighted by atomic mass is 10.1. The summed E-state index contributed by atoms with van der Waals surface area (Å²) in [6, 6.07) is 4.36. The van der Waals surface area contributed by atoms with Crippen LogP contribution in [0.25, 0.3) is 0 Å². The first-order valence-corrected chi connectivity index (χ1v) is 7.76. The number of pyridine rings is 1. The summed E-state index contributed by atoms with van der Waals surface area (Å²) in [5, 5.41) is 3.54. The van der Waals surface area contributed by atoms with Crippen molar-refractivity contribution in [3.8, 4) is 0 Å². The second-order valence-corrected chi connectivity index (χ2v) is 7.16. The van der Waals surface area contributed by atoms with E-state index in [1.54, 1.807) is 0 Å². The molecule has 1 aromatic heterocycles. The van der Waals surface area contributed by atoms with E-state index in [-0.39, 0.29) is 5.54 Å². The van der Waals surface area contributed by atoms with E-state index in [0.29, 0.717) is 0 Å². The van der Waals surface area contributed by atoms with Gasteiger partial charge in [0.05, 0.1) is 0 Å². The molecule has 0 amide bonds. The Hall–Kier alpha value is -1.13. The molecule has 1 N–H and O–H groups in total. The molecule has 0 spiro atoms. The molecule has 0 saturated carbocycles. The van der Waals surface area contributed by atoms with Gasteiger partial charge in [0, 0.05) is 31.4 Å². The van der Waals surface area contributed by atoms with Crippen LogP contribution in [0.3, 0.4) is 0 Å². The van der Waals surface area contributed by atoms with Gasteiger partial charge in [-0.2, -0.15) is 0 Å². The Kier molecular flexibility index (Phi) is 6.62. The number of nitrogens with zero attached hydrogens (tertiary/aromatic N) is 3. The number of hydrogen-bond donors (Lipinski definition) is 1. The van der Waals surface area contributed by atoms with Crippen LogP contribution in [0.15, 0.2) is 12.1 Å². The number of nitrogens with one attached hydrogen (secondary N) is 1. The minimum absolute atomic E-state index is 0.134. The fourth-order valence-corrected chi connectivity index (χ4v) is 2.12. The number of aromatic nitrogens is 1. The second-order valence-electron chi connectivity index (χ2n) is 7.16. The molecule has 0 atom stereocenters. The van der Waals surface area contributed by atoms with Gasteiger partial charge in [0.2, 0.25) is 0 Å². The van der Waals surface area contributed by atoms with E-state index in [2.05, 4.69) is 81.1 Å². The molecular weight excluding hydrogens is 260 g/mol. The molecule has 0 aliphatic carbocycles. The van der Waals surface area contributed by atoms with E-state index >= 15 is 0 Å². The topological polar surface area (TPSA) is 31.4 Å². The van der Waals surface area contributed by atoms with Gasteiger partial charge in [-0.05, 0) is 72.5 Å². The molecule has 0 fully saturated rings. The summed E-state index contributed by atoms with van der Waals surface area (Å²) in [6.07, 6.45) is 1.15. The monoisotopic (exact) mass is 292 g/mol. The summed E-state index contributed by atoms with van der Waals surface area (Å²) in [7, 11) is 6.35. The van der Waals surface area contributed by atoms with Crippen molar-refractivity contribution < 1.29 is 0 Å². The van der Waals surface area contributed by atoms with E-state index < -0.39 is 0 Å². The normalized spacial score (nSPS) is 12.0. The molecule has 0 saturated heterocycles. The average Bonchev–Trinajstić information content (AvgIpc) is 2.34.